The molecule has 1 aromatic heterocycles. The molecule has 3 N–H and O–H groups in total. The molecule has 0 saturated carbocycles. The zero-order chi connectivity index (χ0) is 14.4. The van der Waals surface area contributed by atoms with Crippen LogP contribution in [0.5, 0.6) is 5.75 Å². The van der Waals surface area contributed by atoms with Crippen molar-refractivity contribution in [3.63, 3.8) is 0 Å². The maximum atomic E-state index is 11.4. The standard InChI is InChI=1S/C13H13ClN4O2/c1-6-13(14)7(2)18(17-6)10-4-9-11(3-8(10)15)20-5-12(19)16-9/h3-4H,5,15H2,1-2H3,(H,16,19). The molecule has 6 nitrogen and oxygen atoms in total. The van der Waals surface area contributed by atoms with Gasteiger partial charge in [0.2, 0.25) is 0 Å². The Labute approximate surface area is 120 Å². The zero-order valence-electron chi connectivity index (χ0n) is 11.0. The minimum atomic E-state index is -0.195. The molecular formula is C13H13ClN4O2. The Bertz CT molecular complexity index is 724. The van der Waals surface area contributed by atoms with Gasteiger partial charge in [0, 0.05) is 6.07 Å². The highest BCUT2D eigenvalue weighted by molar-refractivity contribution is 6.31. The maximum Gasteiger partial charge on any atom is 0.262 e. The molecule has 1 aromatic carbocycles. The molecule has 0 fully saturated rings. The molecule has 0 bridgehead atoms. The van der Waals surface area contributed by atoms with Gasteiger partial charge in [-0.3, -0.25) is 4.79 Å². The van der Waals surface area contributed by atoms with E-state index in [1.165, 1.54) is 0 Å². The van der Waals surface area contributed by atoms with Crippen molar-refractivity contribution in [3.05, 3.63) is 28.5 Å². The molecule has 2 aromatic rings. The lowest BCUT2D eigenvalue weighted by Crippen LogP contribution is -2.25. The number of carbonyl (C=O) groups is 1. The monoisotopic (exact) mass is 292 g/mol. The lowest BCUT2D eigenvalue weighted by atomic mass is 10.2. The number of aryl methyl sites for hydroxylation is 1. The van der Waals surface area contributed by atoms with Crippen molar-refractivity contribution in [2.45, 2.75) is 13.8 Å². The predicted molar refractivity (Wildman–Crippen MR) is 76.6 cm³/mol. The quantitative estimate of drug-likeness (QED) is 0.788. The molecule has 0 radical (unpaired) electrons. The van der Waals surface area contributed by atoms with Crippen molar-refractivity contribution in [1.82, 2.24) is 9.78 Å². The summed E-state index contributed by atoms with van der Waals surface area (Å²) in [7, 11) is 0. The van der Waals surface area contributed by atoms with Crippen molar-refractivity contribution in [1.29, 1.82) is 0 Å². The van der Waals surface area contributed by atoms with Crippen LogP contribution in [0.15, 0.2) is 12.1 Å². The fraction of sp³-hybridized carbons (Fsp3) is 0.231. The van der Waals surface area contributed by atoms with E-state index in [0.717, 1.165) is 11.4 Å². The van der Waals surface area contributed by atoms with Crippen molar-refractivity contribution in [2.75, 3.05) is 17.7 Å². The molecule has 20 heavy (non-hydrogen) atoms. The lowest BCUT2D eigenvalue weighted by Gasteiger charge is -2.20. The van der Waals surface area contributed by atoms with E-state index in [1.54, 1.807) is 16.8 Å². The van der Waals surface area contributed by atoms with Gasteiger partial charge in [0.15, 0.2) is 6.61 Å². The summed E-state index contributed by atoms with van der Waals surface area (Å²) in [5, 5.41) is 7.70. The van der Waals surface area contributed by atoms with Crippen LogP contribution in [0, 0.1) is 13.8 Å². The Morgan fingerprint density at radius 3 is 2.85 bits per heavy atom. The number of hydrogen-bond acceptors (Lipinski definition) is 4. The first kappa shape index (κ1) is 12.8. The number of nitrogens with two attached hydrogens (primary N) is 1. The number of carbonyl (C=O) groups excluding carboxylic acids is 1. The normalized spacial score (nSPS) is 13.7. The van der Waals surface area contributed by atoms with Crippen LogP contribution in [-0.2, 0) is 4.79 Å². The van der Waals surface area contributed by atoms with Gasteiger partial charge in [-0.15, -0.1) is 0 Å². The number of rotatable bonds is 1. The Hall–Kier alpha value is -2.21. The number of amides is 1. The largest absolute Gasteiger partial charge is 0.482 e. The van der Waals surface area contributed by atoms with Gasteiger partial charge in [-0.25, -0.2) is 4.68 Å². The molecule has 0 spiro atoms. The molecule has 3 rings (SSSR count). The molecule has 1 aliphatic heterocycles. The van der Waals surface area contributed by atoms with Crippen LogP contribution in [0.25, 0.3) is 5.69 Å². The number of halogens is 1. The van der Waals surface area contributed by atoms with Crippen LogP contribution in [-0.4, -0.2) is 22.3 Å². The Balaban J connectivity index is 2.17. The lowest BCUT2D eigenvalue weighted by molar-refractivity contribution is -0.118. The number of nitrogens with zero attached hydrogens (tertiary/aromatic N) is 2. The molecule has 1 aliphatic rings. The fourth-order valence-corrected chi connectivity index (χ4v) is 2.29. The van der Waals surface area contributed by atoms with Gasteiger partial charge in [-0.05, 0) is 19.9 Å². The summed E-state index contributed by atoms with van der Waals surface area (Å²) in [6.07, 6.45) is 0. The van der Waals surface area contributed by atoms with Gasteiger partial charge in [0.05, 0.1) is 33.5 Å². The third-order valence-corrected chi connectivity index (χ3v) is 3.74. The van der Waals surface area contributed by atoms with E-state index in [9.17, 15) is 4.79 Å². The number of fused-ring (bicyclic) bond motifs is 1. The topological polar surface area (TPSA) is 82.2 Å². The van der Waals surface area contributed by atoms with Crippen LogP contribution >= 0.6 is 11.6 Å². The number of ether oxygens (including phenoxy) is 1. The number of benzene rings is 1. The third-order valence-electron chi connectivity index (χ3n) is 3.19. The summed E-state index contributed by atoms with van der Waals surface area (Å²) in [5.74, 6) is 0.359. The van der Waals surface area contributed by atoms with Crippen LogP contribution in [0.3, 0.4) is 0 Å². The summed E-state index contributed by atoms with van der Waals surface area (Å²) < 4.78 is 6.98. The molecule has 0 unspecified atom stereocenters. The first-order chi connectivity index (χ1) is 9.47. The summed E-state index contributed by atoms with van der Waals surface area (Å²) in [6, 6.07) is 3.41. The minimum Gasteiger partial charge on any atom is -0.482 e. The van der Waals surface area contributed by atoms with E-state index < -0.39 is 0 Å². The molecule has 0 saturated heterocycles. The Kier molecular flexibility index (Phi) is 2.83. The number of anilines is 2. The highest BCUT2D eigenvalue weighted by atomic mass is 35.5. The van der Waals surface area contributed by atoms with Crippen LogP contribution in [0.4, 0.5) is 11.4 Å². The second-order valence-electron chi connectivity index (χ2n) is 4.64. The van der Waals surface area contributed by atoms with Crippen LogP contribution in [0.1, 0.15) is 11.4 Å². The Morgan fingerprint density at radius 1 is 1.45 bits per heavy atom. The summed E-state index contributed by atoms with van der Waals surface area (Å²) >= 11 is 6.15. The van der Waals surface area contributed by atoms with Gasteiger partial charge in [-0.2, -0.15) is 5.10 Å². The van der Waals surface area contributed by atoms with Crippen molar-refractivity contribution in [2.24, 2.45) is 0 Å². The first-order valence-corrected chi connectivity index (χ1v) is 6.43. The van der Waals surface area contributed by atoms with Gasteiger partial charge >= 0.3 is 0 Å². The minimum absolute atomic E-state index is 0.00246. The van der Waals surface area contributed by atoms with Gasteiger partial charge in [0.25, 0.3) is 5.91 Å². The second-order valence-corrected chi connectivity index (χ2v) is 5.02. The summed E-state index contributed by atoms with van der Waals surface area (Å²) in [5.41, 5.74) is 9.29. The van der Waals surface area contributed by atoms with E-state index in [1.807, 2.05) is 13.8 Å². The van der Waals surface area contributed by atoms with Crippen molar-refractivity contribution in [3.8, 4) is 11.4 Å². The number of aromatic nitrogens is 2. The molecular weight excluding hydrogens is 280 g/mol. The summed E-state index contributed by atoms with van der Waals surface area (Å²) in [6.45, 7) is 3.68. The maximum absolute atomic E-state index is 11.4. The van der Waals surface area contributed by atoms with Gasteiger partial charge in [0.1, 0.15) is 5.75 Å². The van der Waals surface area contributed by atoms with E-state index in [0.29, 0.717) is 27.8 Å². The Morgan fingerprint density at radius 2 is 2.20 bits per heavy atom. The average Bonchev–Trinajstić information content (AvgIpc) is 2.66. The fourth-order valence-electron chi connectivity index (χ4n) is 2.17. The number of hydrogen-bond donors (Lipinski definition) is 2. The molecule has 7 heteroatoms. The molecule has 1 amide bonds. The smallest absolute Gasteiger partial charge is 0.262 e. The third kappa shape index (κ3) is 1.89. The van der Waals surface area contributed by atoms with E-state index in [2.05, 4.69) is 10.4 Å². The van der Waals surface area contributed by atoms with Gasteiger partial charge in [-0.1, -0.05) is 11.6 Å². The average molecular weight is 293 g/mol. The van der Waals surface area contributed by atoms with Crippen LogP contribution < -0.4 is 15.8 Å². The molecule has 2 heterocycles. The first-order valence-electron chi connectivity index (χ1n) is 6.05. The SMILES string of the molecule is Cc1nn(-c2cc3c(cc2N)OCC(=O)N3)c(C)c1Cl. The molecule has 0 atom stereocenters. The summed E-state index contributed by atoms with van der Waals surface area (Å²) in [4.78, 5) is 11.4. The van der Waals surface area contributed by atoms with E-state index >= 15 is 0 Å². The van der Waals surface area contributed by atoms with Gasteiger partial charge < -0.3 is 15.8 Å². The van der Waals surface area contributed by atoms with Crippen molar-refractivity contribution >= 4 is 28.9 Å². The highest BCUT2D eigenvalue weighted by Gasteiger charge is 2.20. The molecule has 0 aliphatic carbocycles. The predicted octanol–water partition coefficient (Wildman–Crippen LogP) is 2.06. The number of nitrogens with one attached hydrogen (secondary N) is 1. The van der Waals surface area contributed by atoms with Crippen molar-refractivity contribution < 1.29 is 9.53 Å². The number of nitrogen functional groups attached to an aromatic ring is 1. The molecule has 104 valence electrons. The second kappa shape index (κ2) is 4.42. The highest BCUT2D eigenvalue weighted by Crippen LogP contribution is 2.35. The van der Waals surface area contributed by atoms with E-state index in [-0.39, 0.29) is 12.5 Å². The zero-order valence-corrected chi connectivity index (χ0v) is 11.8. The van der Waals surface area contributed by atoms with E-state index in [4.69, 9.17) is 22.1 Å². The van der Waals surface area contributed by atoms with Crippen LogP contribution in [0.2, 0.25) is 5.02 Å².